The molecule has 1 N–H and O–H groups in total. The summed E-state index contributed by atoms with van der Waals surface area (Å²) in [4.78, 5) is 18.5. The van der Waals surface area contributed by atoms with E-state index in [9.17, 15) is 4.79 Å². The second-order valence-electron chi connectivity index (χ2n) is 5.06. The minimum absolute atomic E-state index is 0.0582. The van der Waals surface area contributed by atoms with Gasteiger partial charge < -0.3 is 10.2 Å². The minimum Gasteiger partial charge on any atom is -0.371 e. The first-order valence-electron chi connectivity index (χ1n) is 7.30. The molecule has 4 heteroatoms. The van der Waals surface area contributed by atoms with Crippen molar-refractivity contribution in [3.8, 4) is 0 Å². The zero-order valence-electron chi connectivity index (χ0n) is 11.7. The number of amides is 1. The Bertz CT molecular complexity index is 414. The molecule has 0 aliphatic carbocycles. The number of hydrogen-bond donors (Lipinski definition) is 1. The summed E-state index contributed by atoms with van der Waals surface area (Å²) in [6, 6.07) is 3.89. The predicted octanol–water partition coefficient (Wildman–Crippen LogP) is 2.60. The van der Waals surface area contributed by atoms with Crippen molar-refractivity contribution in [2.24, 2.45) is 0 Å². The Morgan fingerprint density at radius 1 is 1.37 bits per heavy atom. The lowest BCUT2D eigenvalue weighted by Gasteiger charge is -2.17. The molecule has 0 spiro atoms. The molecule has 0 atom stereocenters. The van der Waals surface area contributed by atoms with Crippen LogP contribution in [0.15, 0.2) is 18.3 Å². The molecule has 1 amide bonds. The van der Waals surface area contributed by atoms with Gasteiger partial charge in [-0.15, -0.1) is 0 Å². The van der Waals surface area contributed by atoms with Crippen LogP contribution < -0.4 is 10.2 Å². The van der Waals surface area contributed by atoms with E-state index in [4.69, 9.17) is 0 Å². The van der Waals surface area contributed by atoms with Crippen molar-refractivity contribution in [1.29, 1.82) is 0 Å². The van der Waals surface area contributed by atoms with Crippen LogP contribution >= 0.6 is 0 Å². The van der Waals surface area contributed by atoms with Crippen LogP contribution in [-0.2, 0) is 0 Å². The lowest BCUT2D eigenvalue weighted by molar-refractivity contribution is 0.0948. The Labute approximate surface area is 115 Å². The highest BCUT2D eigenvalue weighted by atomic mass is 16.1. The van der Waals surface area contributed by atoms with Crippen LogP contribution in [0.2, 0.25) is 0 Å². The van der Waals surface area contributed by atoms with Crippen molar-refractivity contribution in [1.82, 2.24) is 10.3 Å². The van der Waals surface area contributed by atoms with E-state index in [1.165, 1.54) is 19.3 Å². The van der Waals surface area contributed by atoms with Crippen LogP contribution in [0.4, 0.5) is 5.69 Å². The highest BCUT2D eigenvalue weighted by Crippen LogP contribution is 2.19. The Hall–Kier alpha value is -1.58. The van der Waals surface area contributed by atoms with Crippen molar-refractivity contribution in [2.45, 2.75) is 39.0 Å². The summed E-state index contributed by atoms with van der Waals surface area (Å²) in [5.74, 6) is -0.0582. The average Bonchev–Trinajstić information content (AvgIpc) is 2.98. The quantitative estimate of drug-likeness (QED) is 0.801. The van der Waals surface area contributed by atoms with Crippen molar-refractivity contribution in [3.05, 3.63) is 24.0 Å². The second kappa shape index (κ2) is 7.12. The molecule has 2 heterocycles. The maximum absolute atomic E-state index is 12.0. The SMILES string of the molecule is CCCCCNC(=O)c1cc(N2CCCC2)ccn1. The summed E-state index contributed by atoms with van der Waals surface area (Å²) in [6.07, 6.45) is 7.56. The van der Waals surface area contributed by atoms with Crippen molar-refractivity contribution < 1.29 is 4.79 Å². The van der Waals surface area contributed by atoms with Gasteiger partial charge in [-0.2, -0.15) is 0 Å². The van der Waals surface area contributed by atoms with Gasteiger partial charge in [0, 0.05) is 31.5 Å². The van der Waals surface area contributed by atoms with Gasteiger partial charge in [0.15, 0.2) is 0 Å². The largest absolute Gasteiger partial charge is 0.371 e. The van der Waals surface area contributed by atoms with E-state index >= 15 is 0 Å². The topological polar surface area (TPSA) is 45.2 Å². The number of carbonyl (C=O) groups excluding carboxylic acids is 1. The highest BCUT2D eigenvalue weighted by Gasteiger charge is 2.14. The van der Waals surface area contributed by atoms with Crippen LogP contribution in [0.25, 0.3) is 0 Å². The van der Waals surface area contributed by atoms with E-state index in [-0.39, 0.29) is 5.91 Å². The minimum atomic E-state index is -0.0582. The summed E-state index contributed by atoms with van der Waals surface area (Å²) in [6.45, 7) is 5.06. The Morgan fingerprint density at radius 2 is 2.16 bits per heavy atom. The third-order valence-corrected chi connectivity index (χ3v) is 3.51. The van der Waals surface area contributed by atoms with Crippen molar-refractivity contribution in [3.63, 3.8) is 0 Å². The number of nitrogens with zero attached hydrogens (tertiary/aromatic N) is 2. The van der Waals surface area contributed by atoms with Gasteiger partial charge in [-0.1, -0.05) is 19.8 Å². The van der Waals surface area contributed by atoms with Crippen LogP contribution in [0.3, 0.4) is 0 Å². The lowest BCUT2D eigenvalue weighted by Crippen LogP contribution is -2.26. The van der Waals surface area contributed by atoms with E-state index < -0.39 is 0 Å². The summed E-state index contributed by atoms with van der Waals surface area (Å²) in [5, 5.41) is 2.93. The van der Waals surface area contributed by atoms with E-state index in [1.54, 1.807) is 6.20 Å². The molecule has 2 rings (SSSR count). The molecule has 0 radical (unpaired) electrons. The highest BCUT2D eigenvalue weighted by molar-refractivity contribution is 5.93. The molecule has 1 aliphatic heterocycles. The summed E-state index contributed by atoms with van der Waals surface area (Å²) >= 11 is 0. The maximum Gasteiger partial charge on any atom is 0.269 e. The fraction of sp³-hybridized carbons (Fsp3) is 0.600. The fourth-order valence-corrected chi connectivity index (χ4v) is 2.38. The molecule has 0 aromatic carbocycles. The summed E-state index contributed by atoms with van der Waals surface area (Å²) < 4.78 is 0. The molecular weight excluding hydrogens is 238 g/mol. The molecular formula is C15H23N3O. The fourth-order valence-electron chi connectivity index (χ4n) is 2.38. The molecule has 0 unspecified atom stereocenters. The average molecular weight is 261 g/mol. The van der Waals surface area contributed by atoms with E-state index in [0.29, 0.717) is 5.69 Å². The molecule has 19 heavy (non-hydrogen) atoms. The van der Waals surface area contributed by atoms with Crippen molar-refractivity contribution in [2.75, 3.05) is 24.5 Å². The number of nitrogens with one attached hydrogen (secondary N) is 1. The van der Waals surface area contributed by atoms with Crippen LogP contribution in [0.5, 0.6) is 0 Å². The van der Waals surface area contributed by atoms with Gasteiger partial charge in [0.25, 0.3) is 5.91 Å². The molecule has 1 aromatic heterocycles. The van der Waals surface area contributed by atoms with Gasteiger partial charge in [0.05, 0.1) is 0 Å². The normalized spacial score (nSPS) is 14.7. The maximum atomic E-state index is 12.0. The van der Waals surface area contributed by atoms with Gasteiger partial charge in [-0.3, -0.25) is 9.78 Å². The van der Waals surface area contributed by atoms with Crippen molar-refractivity contribution >= 4 is 11.6 Å². The van der Waals surface area contributed by atoms with E-state index in [2.05, 4.69) is 22.1 Å². The van der Waals surface area contributed by atoms with Gasteiger partial charge >= 0.3 is 0 Å². The van der Waals surface area contributed by atoms with Gasteiger partial charge in [-0.05, 0) is 31.4 Å². The first-order chi connectivity index (χ1) is 9.31. The van der Waals surface area contributed by atoms with E-state index in [1.807, 2.05) is 12.1 Å². The third kappa shape index (κ3) is 3.94. The number of anilines is 1. The monoisotopic (exact) mass is 261 g/mol. The number of aromatic nitrogens is 1. The Morgan fingerprint density at radius 3 is 2.89 bits per heavy atom. The van der Waals surface area contributed by atoms with Gasteiger partial charge in [0.2, 0.25) is 0 Å². The van der Waals surface area contributed by atoms with Crippen LogP contribution in [-0.4, -0.2) is 30.5 Å². The van der Waals surface area contributed by atoms with Gasteiger partial charge in [0.1, 0.15) is 5.69 Å². The second-order valence-corrected chi connectivity index (χ2v) is 5.06. The number of carbonyl (C=O) groups is 1. The number of unbranched alkanes of at least 4 members (excludes halogenated alkanes) is 2. The standard InChI is InChI=1S/C15H23N3O/c1-2-3-4-8-17-15(19)14-12-13(7-9-16-14)18-10-5-6-11-18/h7,9,12H,2-6,8,10-11H2,1H3,(H,17,19). The molecule has 0 saturated carbocycles. The zero-order valence-corrected chi connectivity index (χ0v) is 11.7. The Balaban J connectivity index is 1.92. The van der Waals surface area contributed by atoms with Gasteiger partial charge in [-0.25, -0.2) is 0 Å². The first kappa shape index (κ1) is 13.8. The molecule has 1 aliphatic rings. The lowest BCUT2D eigenvalue weighted by atomic mass is 10.2. The van der Waals surface area contributed by atoms with E-state index in [0.717, 1.165) is 38.2 Å². The first-order valence-corrected chi connectivity index (χ1v) is 7.30. The summed E-state index contributed by atoms with van der Waals surface area (Å²) in [5.41, 5.74) is 1.65. The molecule has 1 fully saturated rings. The van der Waals surface area contributed by atoms with Crippen LogP contribution in [0.1, 0.15) is 49.5 Å². The predicted molar refractivity (Wildman–Crippen MR) is 77.5 cm³/mol. The molecule has 4 nitrogen and oxygen atoms in total. The zero-order chi connectivity index (χ0) is 13.5. The number of pyridine rings is 1. The molecule has 1 aromatic rings. The molecule has 0 bridgehead atoms. The molecule has 1 saturated heterocycles. The number of rotatable bonds is 6. The number of hydrogen-bond acceptors (Lipinski definition) is 3. The smallest absolute Gasteiger partial charge is 0.269 e. The third-order valence-electron chi connectivity index (χ3n) is 3.51. The summed E-state index contributed by atoms with van der Waals surface area (Å²) in [7, 11) is 0. The Kier molecular flexibility index (Phi) is 5.19. The molecule has 104 valence electrons. The van der Waals surface area contributed by atoms with Crippen LogP contribution in [0, 0.1) is 0 Å².